The van der Waals surface area contributed by atoms with Gasteiger partial charge in [-0.1, -0.05) is 13.3 Å². The van der Waals surface area contributed by atoms with Gasteiger partial charge in [-0.2, -0.15) is 0 Å². The van der Waals surface area contributed by atoms with Gasteiger partial charge >= 0.3 is 5.97 Å². The molecule has 0 heterocycles. The van der Waals surface area contributed by atoms with Gasteiger partial charge in [0.1, 0.15) is 17.1 Å². The molecule has 104 valence electrons. The Bertz CT molecular complexity index is 451. The average Bonchev–Trinajstić information content (AvgIpc) is 2.39. The standard InChI is InChI=1S/C15H19FO3/c1-2-10-3-6-12(7-4-10)19-14-9-11(16)5-8-13(14)15(17)18/h5,8-10,12H,2-4,6-7H2,1H3,(H,17,18). The number of benzene rings is 1. The summed E-state index contributed by atoms with van der Waals surface area (Å²) in [6.45, 7) is 2.18. The fourth-order valence-electron chi connectivity index (χ4n) is 2.61. The van der Waals surface area contributed by atoms with E-state index in [-0.39, 0.29) is 17.4 Å². The summed E-state index contributed by atoms with van der Waals surface area (Å²) in [6.07, 6.45) is 5.19. The van der Waals surface area contributed by atoms with E-state index in [1.54, 1.807) is 0 Å². The number of hydrogen-bond acceptors (Lipinski definition) is 2. The quantitative estimate of drug-likeness (QED) is 0.899. The summed E-state index contributed by atoms with van der Waals surface area (Å²) in [5, 5.41) is 9.06. The van der Waals surface area contributed by atoms with E-state index < -0.39 is 11.8 Å². The lowest BCUT2D eigenvalue weighted by Gasteiger charge is -2.28. The Balaban J connectivity index is 2.06. The Morgan fingerprint density at radius 3 is 2.63 bits per heavy atom. The fraction of sp³-hybridized carbons (Fsp3) is 0.533. The summed E-state index contributed by atoms with van der Waals surface area (Å²) in [7, 11) is 0. The normalized spacial score (nSPS) is 23.1. The molecule has 0 aliphatic heterocycles. The molecule has 1 saturated carbocycles. The first-order valence-corrected chi connectivity index (χ1v) is 6.79. The molecule has 0 saturated heterocycles. The van der Waals surface area contributed by atoms with Gasteiger partial charge < -0.3 is 9.84 Å². The highest BCUT2D eigenvalue weighted by atomic mass is 19.1. The third-order valence-electron chi connectivity index (χ3n) is 3.84. The molecule has 2 rings (SSSR count). The molecule has 1 fully saturated rings. The molecule has 0 amide bonds. The van der Waals surface area contributed by atoms with Crippen LogP contribution in [-0.4, -0.2) is 17.2 Å². The second-order valence-corrected chi connectivity index (χ2v) is 5.11. The number of halogens is 1. The molecule has 0 unspecified atom stereocenters. The zero-order chi connectivity index (χ0) is 13.8. The monoisotopic (exact) mass is 266 g/mol. The first-order chi connectivity index (χ1) is 9.10. The van der Waals surface area contributed by atoms with Crippen LogP contribution in [0.1, 0.15) is 49.4 Å². The highest BCUT2D eigenvalue weighted by Crippen LogP contribution is 2.30. The fourth-order valence-corrected chi connectivity index (χ4v) is 2.61. The van der Waals surface area contributed by atoms with Gasteiger partial charge in [0.15, 0.2) is 0 Å². The van der Waals surface area contributed by atoms with Gasteiger partial charge in [-0.05, 0) is 43.7 Å². The Labute approximate surface area is 112 Å². The summed E-state index contributed by atoms with van der Waals surface area (Å²) >= 11 is 0. The minimum atomic E-state index is -1.09. The predicted molar refractivity (Wildman–Crippen MR) is 70.0 cm³/mol. The van der Waals surface area contributed by atoms with Crippen molar-refractivity contribution in [3.05, 3.63) is 29.6 Å². The molecule has 1 aromatic carbocycles. The van der Waals surface area contributed by atoms with E-state index >= 15 is 0 Å². The second-order valence-electron chi connectivity index (χ2n) is 5.11. The maximum absolute atomic E-state index is 13.2. The van der Waals surface area contributed by atoms with Crippen LogP contribution in [0.3, 0.4) is 0 Å². The summed E-state index contributed by atoms with van der Waals surface area (Å²) < 4.78 is 18.9. The van der Waals surface area contributed by atoms with Gasteiger partial charge in [0.25, 0.3) is 0 Å². The van der Waals surface area contributed by atoms with Crippen LogP contribution in [0.15, 0.2) is 18.2 Å². The minimum Gasteiger partial charge on any atom is -0.489 e. The third-order valence-corrected chi connectivity index (χ3v) is 3.84. The predicted octanol–water partition coefficient (Wildman–Crippen LogP) is 3.87. The molecular formula is C15H19FO3. The van der Waals surface area contributed by atoms with Crippen LogP contribution in [-0.2, 0) is 0 Å². The lowest BCUT2D eigenvalue weighted by molar-refractivity contribution is 0.0683. The average molecular weight is 266 g/mol. The SMILES string of the molecule is CCC1CCC(Oc2cc(F)ccc2C(=O)O)CC1. The largest absolute Gasteiger partial charge is 0.489 e. The first-order valence-electron chi connectivity index (χ1n) is 6.79. The van der Waals surface area contributed by atoms with Crippen LogP contribution in [0, 0.1) is 11.7 Å². The van der Waals surface area contributed by atoms with Crippen LogP contribution in [0.25, 0.3) is 0 Å². The van der Waals surface area contributed by atoms with Crippen molar-refractivity contribution in [1.29, 1.82) is 0 Å². The summed E-state index contributed by atoms with van der Waals surface area (Å²) in [5.74, 6) is -0.668. The number of carboxylic acids is 1. The smallest absolute Gasteiger partial charge is 0.339 e. The van der Waals surface area contributed by atoms with Crippen LogP contribution in [0.2, 0.25) is 0 Å². The molecule has 0 radical (unpaired) electrons. The molecule has 1 N–H and O–H groups in total. The zero-order valence-corrected chi connectivity index (χ0v) is 11.1. The molecule has 0 spiro atoms. The molecule has 1 aliphatic rings. The van der Waals surface area contributed by atoms with Gasteiger partial charge in [-0.15, -0.1) is 0 Å². The van der Waals surface area contributed by atoms with Crippen molar-refractivity contribution in [3.63, 3.8) is 0 Å². The van der Waals surface area contributed by atoms with E-state index in [1.807, 2.05) is 0 Å². The molecule has 0 bridgehead atoms. The molecule has 1 aliphatic carbocycles. The maximum atomic E-state index is 13.2. The van der Waals surface area contributed by atoms with Gasteiger partial charge in [0, 0.05) is 6.07 Å². The third kappa shape index (κ3) is 3.46. The van der Waals surface area contributed by atoms with Crippen molar-refractivity contribution < 1.29 is 19.0 Å². The van der Waals surface area contributed by atoms with Crippen LogP contribution in [0.5, 0.6) is 5.75 Å². The van der Waals surface area contributed by atoms with E-state index in [0.717, 1.165) is 43.7 Å². The van der Waals surface area contributed by atoms with E-state index in [0.29, 0.717) is 0 Å². The van der Waals surface area contributed by atoms with E-state index in [9.17, 15) is 9.18 Å². The van der Waals surface area contributed by atoms with Crippen molar-refractivity contribution in [3.8, 4) is 5.75 Å². The number of carboxylic acid groups (broad SMARTS) is 1. The van der Waals surface area contributed by atoms with Crippen molar-refractivity contribution >= 4 is 5.97 Å². The van der Waals surface area contributed by atoms with E-state index in [2.05, 4.69) is 6.92 Å². The van der Waals surface area contributed by atoms with Gasteiger partial charge in [0.2, 0.25) is 0 Å². The molecule has 1 aromatic rings. The first kappa shape index (κ1) is 13.8. The van der Waals surface area contributed by atoms with Gasteiger partial charge in [-0.25, -0.2) is 9.18 Å². The number of rotatable bonds is 4. The van der Waals surface area contributed by atoms with Gasteiger partial charge in [-0.3, -0.25) is 0 Å². The Hall–Kier alpha value is -1.58. The van der Waals surface area contributed by atoms with Crippen LogP contribution >= 0.6 is 0 Å². The molecule has 0 aromatic heterocycles. The topological polar surface area (TPSA) is 46.5 Å². The molecular weight excluding hydrogens is 247 g/mol. The van der Waals surface area contributed by atoms with Crippen molar-refractivity contribution in [2.45, 2.75) is 45.1 Å². The Morgan fingerprint density at radius 1 is 1.37 bits per heavy atom. The lowest BCUT2D eigenvalue weighted by Crippen LogP contribution is -2.24. The van der Waals surface area contributed by atoms with Crippen molar-refractivity contribution in [1.82, 2.24) is 0 Å². The van der Waals surface area contributed by atoms with E-state index in [1.165, 1.54) is 12.5 Å². The Kier molecular flexibility index (Phi) is 4.40. The second kappa shape index (κ2) is 6.04. The maximum Gasteiger partial charge on any atom is 0.339 e. The van der Waals surface area contributed by atoms with Crippen molar-refractivity contribution in [2.24, 2.45) is 5.92 Å². The number of aromatic carboxylic acids is 1. The lowest BCUT2D eigenvalue weighted by atomic mass is 9.86. The number of ether oxygens (including phenoxy) is 1. The highest BCUT2D eigenvalue weighted by molar-refractivity contribution is 5.90. The van der Waals surface area contributed by atoms with Crippen molar-refractivity contribution in [2.75, 3.05) is 0 Å². The Morgan fingerprint density at radius 2 is 2.05 bits per heavy atom. The zero-order valence-electron chi connectivity index (χ0n) is 11.1. The molecule has 3 nitrogen and oxygen atoms in total. The molecule has 19 heavy (non-hydrogen) atoms. The highest BCUT2D eigenvalue weighted by Gasteiger charge is 2.23. The molecule has 4 heteroatoms. The van der Waals surface area contributed by atoms with Crippen LogP contribution < -0.4 is 4.74 Å². The summed E-state index contributed by atoms with van der Waals surface area (Å²) in [6, 6.07) is 3.56. The van der Waals surface area contributed by atoms with Crippen LogP contribution in [0.4, 0.5) is 4.39 Å². The van der Waals surface area contributed by atoms with Gasteiger partial charge in [0.05, 0.1) is 6.10 Å². The minimum absolute atomic E-state index is 0.00250. The number of hydrogen-bond donors (Lipinski definition) is 1. The summed E-state index contributed by atoms with van der Waals surface area (Å²) in [5.41, 5.74) is 0.0269. The summed E-state index contributed by atoms with van der Waals surface area (Å²) in [4.78, 5) is 11.1. The molecule has 0 atom stereocenters. The van der Waals surface area contributed by atoms with E-state index in [4.69, 9.17) is 9.84 Å². The number of carbonyl (C=O) groups is 1.